The van der Waals surface area contributed by atoms with Crippen LogP contribution in [-0.4, -0.2) is 26.8 Å². The quantitative estimate of drug-likeness (QED) is 0.656. The molecule has 9 heteroatoms. The predicted octanol–water partition coefficient (Wildman–Crippen LogP) is 3.15. The molecule has 3 rings (SSSR count). The van der Waals surface area contributed by atoms with Crippen LogP contribution in [0.25, 0.3) is 11.3 Å². The lowest BCUT2D eigenvalue weighted by Gasteiger charge is -2.05. The van der Waals surface area contributed by atoms with Gasteiger partial charge >= 0.3 is 0 Å². The zero-order chi connectivity index (χ0) is 19.4. The molecule has 0 spiro atoms. The van der Waals surface area contributed by atoms with Gasteiger partial charge in [-0.1, -0.05) is 41.6 Å². The average molecular weight is 388 g/mol. The van der Waals surface area contributed by atoms with E-state index < -0.39 is 23.1 Å². The number of anilines is 1. The number of thioether (sulfide) groups is 1. The first-order chi connectivity index (χ1) is 12.9. The number of carbonyl (C=O) groups excluding carboxylic acids is 1. The first kappa shape index (κ1) is 18.7. The standard InChI is InChI=1S/C18H14F2N4O2S/c1-10-2-4-11(5-3-10)16-17(26)22-18(24-23-16)27-9-15(25)21-12-6-7-13(19)14(20)8-12/h2-8H,9H2,1H3,(H,21,25)(H,22,24,26). The number of benzene rings is 2. The maximum Gasteiger partial charge on any atom is 0.278 e. The number of rotatable bonds is 5. The molecule has 6 nitrogen and oxygen atoms in total. The summed E-state index contributed by atoms with van der Waals surface area (Å²) in [7, 11) is 0. The minimum atomic E-state index is -1.05. The number of hydrogen-bond donors (Lipinski definition) is 2. The van der Waals surface area contributed by atoms with Gasteiger partial charge in [-0.2, -0.15) is 0 Å². The van der Waals surface area contributed by atoms with Crippen molar-refractivity contribution in [3.8, 4) is 11.3 Å². The zero-order valence-corrected chi connectivity index (χ0v) is 14.9. The Hall–Kier alpha value is -3.07. The second-order valence-electron chi connectivity index (χ2n) is 5.64. The summed E-state index contributed by atoms with van der Waals surface area (Å²) < 4.78 is 26.0. The van der Waals surface area contributed by atoms with Crippen LogP contribution in [0.1, 0.15) is 5.56 Å². The van der Waals surface area contributed by atoms with Crippen molar-refractivity contribution < 1.29 is 13.6 Å². The fourth-order valence-corrected chi connectivity index (χ4v) is 2.80. The second-order valence-corrected chi connectivity index (χ2v) is 6.60. The molecule has 138 valence electrons. The number of H-pyrrole nitrogens is 1. The number of aromatic nitrogens is 3. The Morgan fingerprint density at radius 3 is 2.52 bits per heavy atom. The number of aromatic amines is 1. The number of hydrogen-bond acceptors (Lipinski definition) is 5. The zero-order valence-electron chi connectivity index (χ0n) is 14.1. The van der Waals surface area contributed by atoms with Crippen LogP contribution in [0.5, 0.6) is 0 Å². The Bertz CT molecular complexity index is 1040. The molecule has 0 bridgehead atoms. The van der Waals surface area contributed by atoms with Crippen molar-refractivity contribution in [2.24, 2.45) is 0 Å². The summed E-state index contributed by atoms with van der Waals surface area (Å²) >= 11 is 0.967. The fourth-order valence-electron chi connectivity index (χ4n) is 2.19. The summed E-state index contributed by atoms with van der Waals surface area (Å²) in [6.45, 7) is 1.94. The van der Waals surface area contributed by atoms with E-state index in [-0.39, 0.29) is 22.3 Å². The minimum Gasteiger partial charge on any atom is -0.325 e. The van der Waals surface area contributed by atoms with Crippen molar-refractivity contribution in [2.45, 2.75) is 12.1 Å². The number of carbonyl (C=O) groups is 1. The molecule has 0 fully saturated rings. The van der Waals surface area contributed by atoms with E-state index in [0.29, 0.717) is 5.56 Å². The third-order valence-corrected chi connectivity index (χ3v) is 4.41. The number of halogens is 2. The van der Waals surface area contributed by atoms with Crippen LogP contribution in [0.4, 0.5) is 14.5 Å². The lowest BCUT2D eigenvalue weighted by Crippen LogP contribution is -2.17. The molecule has 3 aromatic rings. The second kappa shape index (κ2) is 8.09. The molecule has 0 aliphatic carbocycles. The number of amides is 1. The summed E-state index contributed by atoms with van der Waals surface area (Å²) in [5.74, 6) is -2.60. The van der Waals surface area contributed by atoms with Crippen LogP contribution in [0, 0.1) is 18.6 Å². The van der Waals surface area contributed by atoms with E-state index >= 15 is 0 Å². The minimum absolute atomic E-state index is 0.0898. The molecular formula is C18H14F2N4O2S. The molecule has 27 heavy (non-hydrogen) atoms. The van der Waals surface area contributed by atoms with Crippen LogP contribution in [0.3, 0.4) is 0 Å². The van der Waals surface area contributed by atoms with Crippen LogP contribution in [-0.2, 0) is 4.79 Å². The highest BCUT2D eigenvalue weighted by atomic mass is 32.2. The van der Waals surface area contributed by atoms with Gasteiger partial charge in [-0.05, 0) is 19.1 Å². The van der Waals surface area contributed by atoms with Gasteiger partial charge in [0.15, 0.2) is 22.5 Å². The van der Waals surface area contributed by atoms with Gasteiger partial charge in [-0.15, -0.1) is 10.2 Å². The SMILES string of the molecule is Cc1ccc(-c2nnc(SCC(=O)Nc3ccc(F)c(F)c3)[nH]c2=O)cc1. The Kier molecular flexibility index (Phi) is 5.60. The third kappa shape index (κ3) is 4.76. The molecule has 1 aromatic heterocycles. The maximum absolute atomic E-state index is 13.1. The molecule has 2 N–H and O–H groups in total. The van der Waals surface area contributed by atoms with Gasteiger partial charge in [0.05, 0.1) is 5.75 Å². The highest BCUT2D eigenvalue weighted by Gasteiger charge is 2.11. The maximum atomic E-state index is 13.1. The third-order valence-electron chi connectivity index (χ3n) is 3.54. The predicted molar refractivity (Wildman–Crippen MR) is 98.5 cm³/mol. The molecule has 0 atom stereocenters. The van der Waals surface area contributed by atoms with Crippen molar-refractivity contribution >= 4 is 23.4 Å². The van der Waals surface area contributed by atoms with E-state index in [1.165, 1.54) is 6.07 Å². The molecule has 0 unspecified atom stereocenters. The van der Waals surface area contributed by atoms with Gasteiger partial charge in [0, 0.05) is 17.3 Å². The highest BCUT2D eigenvalue weighted by Crippen LogP contribution is 2.17. The fraction of sp³-hybridized carbons (Fsp3) is 0.111. The summed E-state index contributed by atoms with van der Waals surface area (Å²) in [6.07, 6.45) is 0. The normalized spacial score (nSPS) is 10.6. The van der Waals surface area contributed by atoms with Gasteiger partial charge in [0.1, 0.15) is 0 Å². The van der Waals surface area contributed by atoms with Crippen molar-refractivity contribution in [1.29, 1.82) is 0 Å². The van der Waals surface area contributed by atoms with Crippen LogP contribution in [0.15, 0.2) is 52.4 Å². The molecule has 1 amide bonds. The van der Waals surface area contributed by atoms with Crippen LogP contribution in [0.2, 0.25) is 0 Å². The summed E-state index contributed by atoms with van der Waals surface area (Å²) in [6, 6.07) is 10.3. The number of nitrogens with zero attached hydrogens (tertiary/aromatic N) is 2. The molecule has 0 saturated heterocycles. The van der Waals surface area contributed by atoms with Gasteiger partial charge in [0.25, 0.3) is 5.56 Å². The van der Waals surface area contributed by atoms with E-state index in [2.05, 4.69) is 20.5 Å². The lowest BCUT2D eigenvalue weighted by molar-refractivity contribution is -0.113. The summed E-state index contributed by atoms with van der Waals surface area (Å²) in [4.78, 5) is 26.6. The first-order valence-corrected chi connectivity index (χ1v) is 8.82. The number of aryl methyl sites for hydroxylation is 1. The Labute approximate surface area is 157 Å². The van der Waals surface area contributed by atoms with Crippen molar-refractivity contribution in [3.63, 3.8) is 0 Å². The molecule has 0 saturated carbocycles. The Morgan fingerprint density at radius 2 is 1.85 bits per heavy atom. The van der Waals surface area contributed by atoms with E-state index in [4.69, 9.17) is 0 Å². The van der Waals surface area contributed by atoms with Gasteiger partial charge in [-0.25, -0.2) is 8.78 Å². The average Bonchev–Trinajstić information content (AvgIpc) is 2.64. The van der Waals surface area contributed by atoms with Crippen molar-refractivity contribution in [3.05, 3.63) is 70.0 Å². The Balaban J connectivity index is 1.63. The smallest absolute Gasteiger partial charge is 0.278 e. The molecule has 0 aliphatic rings. The topological polar surface area (TPSA) is 87.7 Å². The first-order valence-electron chi connectivity index (χ1n) is 7.84. The molecule has 2 aromatic carbocycles. The highest BCUT2D eigenvalue weighted by molar-refractivity contribution is 7.99. The monoisotopic (exact) mass is 388 g/mol. The largest absolute Gasteiger partial charge is 0.325 e. The molecular weight excluding hydrogens is 374 g/mol. The van der Waals surface area contributed by atoms with Gasteiger partial charge < -0.3 is 5.32 Å². The van der Waals surface area contributed by atoms with Crippen molar-refractivity contribution in [1.82, 2.24) is 15.2 Å². The lowest BCUT2D eigenvalue weighted by atomic mass is 10.1. The van der Waals surface area contributed by atoms with Crippen LogP contribution < -0.4 is 10.9 Å². The van der Waals surface area contributed by atoms with E-state index in [0.717, 1.165) is 29.5 Å². The number of nitrogens with one attached hydrogen (secondary N) is 2. The summed E-state index contributed by atoms with van der Waals surface area (Å²) in [5.41, 5.74) is 1.60. The van der Waals surface area contributed by atoms with Crippen molar-refractivity contribution in [2.75, 3.05) is 11.1 Å². The van der Waals surface area contributed by atoms with Gasteiger partial charge in [-0.3, -0.25) is 14.6 Å². The van der Waals surface area contributed by atoms with E-state index in [1.54, 1.807) is 12.1 Å². The molecule has 0 aliphatic heterocycles. The van der Waals surface area contributed by atoms with E-state index in [9.17, 15) is 18.4 Å². The molecule has 0 radical (unpaired) electrons. The summed E-state index contributed by atoms with van der Waals surface area (Å²) in [5, 5.41) is 10.4. The van der Waals surface area contributed by atoms with Crippen LogP contribution >= 0.6 is 11.8 Å². The Morgan fingerprint density at radius 1 is 1.11 bits per heavy atom. The van der Waals surface area contributed by atoms with Gasteiger partial charge in [0.2, 0.25) is 5.91 Å². The molecule has 1 heterocycles. The van der Waals surface area contributed by atoms with E-state index in [1.807, 2.05) is 19.1 Å².